The Balaban J connectivity index is 3.30. The summed E-state index contributed by atoms with van der Waals surface area (Å²) in [5.74, 6) is 1.45. The van der Waals surface area contributed by atoms with Gasteiger partial charge in [0.05, 0.1) is 5.04 Å². The molecule has 0 radical (unpaired) electrons. The van der Waals surface area contributed by atoms with Crippen LogP contribution in [0.2, 0.25) is 0 Å². The van der Waals surface area contributed by atoms with Gasteiger partial charge in [-0.15, -0.1) is 11.8 Å². The van der Waals surface area contributed by atoms with Crippen LogP contribution in [-0.2, 0) is 4.79 Å². The van der Waals surface area contributed by atoms with Gasteiger partial charge in [0.2, 0.25) is 0 Å². The summed E-state index contributed by atoms with van der Waals surface area (Å²) < 4.78 is 0. The van der Waals surface area contributed by atoms with E-state index in [0.29, 0.717) is 10.8 Å². The third-order valence-corrected chi connectivity index (χ3v) is 2.53. The molecule has 2 nitrogen and oxygen atoms in total. The predicted octanol–water partition coefficient (Wildman–Crippen LogP) is 2.00. The van der Waals surface area contributed by atoms with Crippen LogP contribution >= 0.6 is 23.5 Å². The molecule has 0 aromatic heterocycles. The number of hydrogen-bond donors (Lipinski definition) is 1. The van der Waals surface area contributed by atoms with E-state index in [-0.39, 0.29) is 5.12 Å². The normalized spacial score (nSPS) is 9.40. The first-order chi connectivity index (χ1) is 4.66. The fraction of sp³-hybridized carbons (Fsp3) is 0.667. The number of carbonyl (C=O) groups is 1. The van der Waals surface area contributed by atoms with Crippen LogP contribution in [0.5, 0.6) is 0 Å². The second kappa shape index (κ2) is 5.80. The Labute approximate surface area is 69.7 Å². The van der Waals surface area contributed by atoms with Gasteiger partial charge in [-0.3, -0.25) is 10.2 Å². The SMILES string of the molecule is CCSC(=N)CSC(C)=O. The summed E-state index contributed by atoms with van der Waals surface area (Å²) >= 11 is 2.68. The van der Waals surface area contributed by atoms with Gasteiger partial charge in [0.15, 0.2) is 5.12 Å². The molecule has 0 amide bonds. The van der Waals surface area contributed by atoms with Crippen molar-refractivity contribution in [2.75, 3.05) is 11.5 Å². The summed E-state index contributed by atoms with van der Waals surface area (Å²) in [6, 6.07) is 0. The van der Waals surface area contributed by atoms with Crippen molar-refractivity contribution >= 4 is 33.7 Å². The number of rotatable bonds is 3. The molecular weight excluding hydrogens is 166 g/mol. The standard InChI is InChI=1S/C6H11NOS2/c1-3-9-6(7)4-10-5(2)8/h7H,3-4H2,1-2H3. The van der Waals surface area contributed by atoms with Crippen molar-refractivity contribution in [2.45, 2.75) is 13.8 Å². The molecule has 0 aromatic rings. The number of nitrogens with one attached hydrogen (secondary N) is 1. The molecule has 0 saturated heterocycles. The lowest BCUT2D eigenvalue weighted by Gasteiger charge is -1.96. The zero-order chi connectivity index (χ0) is 7.98. The van der Waals surface area contributed by atoms with Crippen molar-refractivity contribution < 1.29 is 4.79 Å². The molecular formula is C6H11NOS2. The van der Waals surface area contributed by atoms with Crippen molar-refractivity contribution in [3.63, 3.8) is 0 Å². The monoisotopic (exact) mass is 177 g/mol. The van der Waals surface area contributed by atoms with E-state index in [0.717, 1.165) is 5.75 Å². The van der Waals surface area contributed by atoms with Gasteiger partial charge in [0, 0.05) is 12.7 Å². The van der Waals surface area contributed by atoms with Crippen LogP contribution in [0.3, 0.4) is 0 Å². The average Bonchev–Trinajstić information content (AvgIpc) is 1.85. The average molecular weight is 177 g/mol. The molecule has 58 valence electrons. The van der Waals surface area contributed by atoms with Gasteiger partial charge < -0.3 is 0 Å². The molecule has 0 unspecified atom stereocenters. The highest BCUT2D eigenvalue weighted by Gasteiger charge is 1.98. The zero-order valence-corrected chi connectivity index (χ0v) is 7.77. The van der Waals surface area contributed by atoms with Gasteiger partial charge in [-0.1, -0.05) is 18.7 Å². The Bertz CT molecular complexity index is 136. The van der Waals surface area contributed by atoms with E-state index < -0.39 is 0 Å². The molecule has 1 N–H and O–H groups in total. The molecule has 0 aliphatic rings. The van der Waals surface area contributed by atoms with Gasteiger partial charge in [-0.05, 0) is 5.75 Å². The smallest absolute Gasteiger partial charge is 0.186 e. The molecule has 0 aliphatic carbocycles. The number of carbonyl (C=O) groups excluding carboxylic acids is 1. The molecule has 0 aliphatic heterocycles. The quantitative estimate of drug-likeness (QED) is 0.529. The highest BCUT2D eigenvalue weighted by atomic mass is 32.2. The first kappa shape index (κ1) is 10.0. The molecule has 0 saturated carbocycles. The van der Waals surface area contributed by atoms with Crippen molar-refractivity contribution in [3.05, 3.63) is 0 Å². The summed E-state index contributed by atoms with van der Waals surface area (Å²) in [5.41, 5.74) is 0. The number of hydrogen-bond acceptors (Lipinski definition) is 4. The molecule has 0 atom stereocenters. The molecule has 10 heavy (non-hydrogen) atoms. The van der Waals surface area contributed by atoms with Crippen LogP contribution in [0, 0.1) is 5.41 Å². The van der Waals surface area contributed by atoms with E-state index in [2.05, 4.69) is 0 Å². The zero-order valence-electron chi connectivity index (χ0n) is 6.14. The topological polar surface area (TPSA) is 40.9 Å². The molecule has 0 heterocycles. The summed E-state index contributed by atoms with van der Waals surface area (Å²) in [5, 5.41) is 7.94. The number of thioether (sulfide) groups is 2. The summed E-state index contributed by atoms with van der Waals surface area (Å²) in [6.07, 6.45) is 0. The highest BCUT2D eigenvalue weighted by Crippen LogP contribution is 2.08. The van der Waals surface area contributed by atoms with Gasteiger partial charge in [0.25, 0.3) is 0 Å². The Morgan fingerprint density at radius 3 is 2.50 bits per heavy atom. The van der Waals surface area contributed by atoms with Crippen molar-refractivity contribution in [2.24, 2.45) is 0 Å². The van der Waals surface area contributed by atoms with Crippen molar-refractivity contribution in [1.82, 2.24) is 0 Å². The minimum absolute atomic E-state index is 0.0847. The Morgan fingerprint density at radius 1 is 1.50 bits per heavy atom. The Hall–Kier alpha value is 0.0400. The maximum atomic E-state index is 10.4. The molecule has 0 spiro atoms. The van der Waals surface area contributed by atoms with E-state index in [9.17, 15) is 4.79 Å². The molecule has 0 rings (SSSR count). The molecule has 0 fully saturated rings. The van der Waals surface area contributed by atoms with Crippen LogP contribution in [0.25, 0.3) is 0 Å². The lowest BCUT2D eigenvalue weighted by Crippen LogP contribution is -1.96. The predicted molar refractivity (Wildman–Crippen MR) is 49.0 cm³/mol. The fourth-order valence-corrected chi connectivity index (χ4v) is 1.58. The third kappa shape index (κ3) is 6.16. The second-order valence-electron chi connectivity index (χ2n) is 1.64. The molecule has 4 heteroatoms. The van der Waals surface area contributed by atoms with Gasteiger partial charge >= 0.3 is 0 Å². The molecule has 0 aromatic carbocycles. The Kier molecular flexibility index (Phi) is 5.82. The van der Waals surface area contributed by atoms with Crippen LogP contribution in [0.15, 0.2) is 0 Å². The Morgan fingerprint density at radius 2 is 2.10 bits per heavy atom. The maximum absolute atomic E-state index is 10.4. The lowest BCUT2D eigenvalue weighted by molar-refractivity contribution is -0.109. The summed E-state index contributed by atoms with van der Waals surface area (Å²) in [4.78, 5) is 10.4. The van der Waals surface area contributed by atoms with Crippen LogP contribution in [0.4, 0.5) is 0 Å². The van der Waals surface area contributed by atoms with Crippen molar-refractivity contribution in [1.29, 1.82) is 5.41 Å². The van der Waals surface area contributed by atoms with Gasteiger partial charge in [-0.2, -0.15) is 0 Å². The summed E-state index contributed by atoms with van der Waals surface area (Å²) in [6.45, 7) is 3.52. The van der Waals surface area contributed by atoms with E-state index in [4.69, 9.17) is 5.41 Å². The minimum Gasteiger partial charge on any atom is -0.298 e. The highest BCUT2D eigenvalue weighted by molar-refractivity contribution is 8.19. The third-order valence-electron chi connectivity index (χ3n) is 0.725. The van der Waals surface area contributed by atoms with Crippen molar-refractivity contribution in [3.8, 4) is 0 Å². The second-order valence-corrected chi connectivity index (χ2v) is 4.15. The summed E-state index contributed by atoms with van der Waals surface area (Å²) in [7, 11) is 0. The lowest BCUT2D eigenvalue weighted by atomic mass is 10.9. The fourth-order valence-electron chi connectivity index (χ4n) is 0.383. The van der Waals surface area contributed by atoms with Crippen LogP contribution in [0.1, 0.15) is 13.8 Å². The molecule has 0 bridgehead atoms. The maximum Gasteiger partial charge on any atom is 0.186 e. The van der Waals surface area contributed by atoms with E-state index >= 15 is 0 Å². The van der Waals surface area contributed by atoms with Gasteiger partial charge in [0.1, 0.15) is 0 Å². The van der Waals surface area contributed by atoms with Crippen LogP contribution < -0.4 is 0 Å². The minimum atomic E-state index is 0.0847. The first-order valence-electron chi connectivity index (χ1n) is 3.00. The van der Waals surface area contributed by atoms with E-state index in [1.165, 1.54) is 30.4 Å². The first-order valence-corrected chi connectivity index (χ1v) is 4.97. The van der Waals surface area contributed by atoms with E-state index in [1.54, 1.807) is 0 Å². The van der Waals surface area contributed by atoms with Crippen LogP contribution in [-0.4, -0.2) is 21.7 Å². The van der Waals surface area contributed by atoms with Gasteiger partial charge in [-0.25, -0.2) is 0 Å². The largest absolute Gasteiger partial charge is 0.298 e. The van der Waals surface area contributed by atoms with E-state index in [1.807, 2.05) is 6.92 Å².